The summed E-state index contributed by atoms with van der Waals surface area (Å²) in [5.41, 5.74) is 0.668. The van der Waals surface area contributed by atoms with Gasteiger partial charge in [0.15, 0.2) is 6.10 Å². The van der Waals surface area contributed by atoms with Gasteiger partial charge in [-0.15, -0.1) is 0 Å². The molecule has 0 spiro atoms. The Morgan fingerprint density at radius 3 is 2.85 bits per heavy atom. The molecule has 0 saturated carbocycles. The minimum Gasteiger partial charge on any atom is -0.496 e. The molecule has 1 aromatic carbocycles. The van der Waals surface area contributed by atoms with Gasteiger partial charge in [-0.1, -0.05) is 18.2 Å². The summed E-state index contributed by atoms with van der Waals surface area (Å²) in [6.07, 6.45) is -0.756. The van der Waals surface area contributed by atoms with Gasteiger partial charge in [-0.05, 0) is 6.07 Å². The van der Waals surface area contributed by atoms with Gasteiger partial charge in [0.05, 0.1) is 7.11 Å². The molecule has 3 nitrogen and oxygen atoms in total. The number of rotatable bonds is 3. The van der Waals surface area contributed by atoms with Crippen LogP contribution in [0.4, 0.5) is 0 Å². The van der Waals surface area contributed by atoms with E-state index in [0.29, 0.717) is 11.3 Å². The predicted molar refractivity (Wildman–Crippen MR) is 49.4 cm³/mol. The molecule has 1 atom stereocenters. The lowest BCUT2D eigenvalue weighted by molar-refractivity contribution is 0.190. The number of aliphatic hydroxyl groups excluding tert-OH is 1. The SMILES string of the molecule is [C-]#[N+]CC(O)c1ccccc1OC. The fraction of sp³-hybridized carbons (Fsp3) is 0.300. The number of ether oxygens (including phenoxy) is 1. The highest BCUT2D eigenvalue weighted by Crippen LogP contribution is 2.24. The van der Waals surface area contributed by atoms with E-state index in [0.717, 1.165) is 0 Å². The van der Waals surface area contributed by atoms with Gasteiger partial charge in [-0.3, -0.25) is 0 Å². The number of hydrogen-bond donors (Lipinski definition) is 1. The average Bonchev–Trinajstić information content (AvgIpc) is 2.18. The van der Waals surface area contributed by atoms with Gasteiger partial charge in [0.1, 0.15) is 5.75 Å². The summed E-state index contributed by atoms with van der Waals surface area (Å²) >= 11 is 0. The molecule has 0 amide bonds. The summed E-state index contributed by atoms with van der Waals surface area (Å²) in [5, 5.41) is 9.54. The summed E-state index contributed by atoms with van der Waals surface area (Å²) in [5.74, 6) is 0.624. The summed E-state index contributed by atoms with van der Waals surface area (Å²) in [4.78, 5) is 3.13. The molecule has 68 valence electrons. The van der Waals surface area contributed by atoms with Crippen molar-refractivity contribution in [1.29, 1.82) is 0 Å². The first-order chi connectivity index (χ1) is 6.29. The van der Waals surface area contributed by atoms with Crippen LogP contribution in [0.2, 0.25) is 0 Å². The van der Waals surface area contributed by atoms with Gasteiger partial charge in [0.25, 0.3) is 0 Å². The second kappa shape index (κ2) is 4.48. The molecule has 0 bridgehead atoms. The Hall–Kier alpha value is -1.53. The lowest BCUT2D eigenvalue weighted by atomic mass is 10.1. The van der Waals surface area contributed by atoms with Crippen LogP contribution in [0.1, 0.15) is 11.7 Å². The van der Waals surface area contributed by atoms with E-state index in [9.17, 15) is 5.11 Å². The zero-order valence-corrected chi connectivity index (χ0v) is 7.40. The molecule has 0 aliphatic carbocycles. The van der Waals surface area contributed by atoms with E-state index in [-0.39, 0.29) is 6.54 Å². The molecule has 0 aliphatic heterocycles. The molecule has 1 unspecified atom stereocenters. The maximum Gasteiger partial charge on any atom is 0.244 e. The van der Waals surface area contributed by atoms with E-state index >= 15 is 0 Å². The van der Waals surface area contributed by atoms with Crippen molar-refractivity contribution in [3.63, 3.8) is 0 Å². The first kappa shape index (κ1) is 9.56. The van der Waals surface area contributed by atoms with Crippen LogP contribution in [-0.2, 0) is 0 Å². The van der Waals surface area contributed by atoms with Crippen molar-refractivity contribution >= 4 is 0 Å². The number of benzene rings is 1. The van der Waals surface area contributed by atoms with Crippen LogP contribution in [0.5, 0.6) is 5.75 Å². The maximum absolute atomic E-state index is 9.54. The van der Waals surface area contributed by atoms with Crippen molar-refractivity contribution in [3.05, 3.63) is 41.2 Å². The van der Waals surface area contributed by atoms with E-state index in [1.807, 2.05) is 12.1 Å². The van der Waals surface area contributed by atoms with Crippen molar-refractivity contribution in [2.45, 2.75) is 6.10 Å². The van der Waals surface area contributed by atoms with Gasteiger partial charge in [-0.25, -0.2) is 6.57 Å². The van der Waals surface area contributed by atoms with Crippen LogP contribution >= 0.6 is 0 Å². The molecular formula is C10H11NO2. The molecule has 0 aromatic heterocycles. The smallest absolute Gasteiger partial charge is 0.244 e. The van der Waals surface area contributed by atoms with E-state index in [1.165, 1.54) is 0 Å². The lowest BCUT2D eigenvalue weighted by Gasteiger charge is -2.09. The Balaban J connectivity index is 2.93. The largest absolute Gasteiger partial charge is 0.496 e. The first-order valence-electron chi connectivity index (χ1n) is 3.93. The van der Waals surface area contributed by atoms with Crippen molar-refractivity contribution in [1.82, 2.24) is 0 Å². The minimum atomic E-state index is -0.756. The maximum atomic E-state index is 9.54. The number of methoxy groups -OCH3 is 1. The fourth-order valence-corrected chi connectivity index (χ4v) is 1.13. The minimum absolute atomic E-state index is 0.0698. The van der Waals surface area contributed by atoms with E-state index < -0.39 is 6.10 Å². The molecule has 13 heavy (non-hydrogen) atoms. The highest BCUT2D eigenvalue weighted by atomic mass is 16.5. The van der Waals surface area contributed by atoms with E-state index in [1.54, 1.807) is 19.2 Å². The molecule has 1 rings (SSSR count). The van der Waals surface area contributed by atoms with Crippen LogP contribution in [-0.4, -0.2) is 18.8 Å². The molecule has 1 aromatic rings. The molecule has 0 saturated heterocycles. The molecular weight excluding hydrogens is 166 g/mol. The molecule has 0 heterocycles. The Morgan fingerprint density at radius 2 is 2.23 bits per heavy atom. The Labute approximate surface area is 77.4 Å². The molecule has 1 N–H and O–H groups in total. The normalized spacial score (nSPS) is 11.8. The van der Waals surface area contributed by atoms with Crippen molar-refractivity contribution in [2.24, 2.45) is 0 Å². The highest BCUT2D eigenvalue weighted by Gasteiger charge is 2.14. The van der Waals surface area contributed by atoms with Crippen LogP contribution in [0.3, 0.4) is 0 Å². The molecule has 3 heteroatoms. The topological polar surface area (TPSA) is 33.8 Å². The highest BCUT2D eigenvalue weighted by molar-refractivity contribution is 5.35. The Morgan fingerprint density at radius 1 is 1.54 bits per heavy atom. The first-order valence-corrected chi connectivity index (χ1v) is 3.93. The number of para-hydroxylation sites is 1. The Bertz CT molecular complexity index is 317. The third kappa shape index (κ3) is 2.20. The van der Waals surface area contributed by atoms with Gasteiger partial charge in [0, 0.05) is 5.56 Å². The molecule has 0 radical (unpaired) electrons. The van der Waals surface area contributed by atoms with Gasteiger partial charge < -0.3 is 14.7 Å². The summed E-state index contributed by atoms with van der Waals surface area (Å²) in [7, 11) is 1.55. The van der Waals surface area contributed by atoms with Crippen LogP contribution in [0.25, 0.3) is 4.85 Å². The van der Waals surface area contributed by atoms with Crippen molar-refractivity contribution in [3.8, 4) is 5.75 Å². The molecule has 0 aliphatic rings. The zero-order valence-electron chi connectivity index (χ0n) is 7.40. The van der Waals surface area contributed by atoms with Crippen LogP contribution in [0.15, 0.2) is 24.3 Å². The lowest BCUT2D eigenvalue weighted by Crippen LogP contribution is -2.02. The summed E-state index contributed by atoms with van der Waals surface area (Å²) in [6.45, 7) is 6.70. The van der Waals surface area contributed by atoms with Crippen LogP contribution < -0.4 is 4.74 Å². The summed E-state index contributed by atoms with van der Waals surface area (Å²) < 4.78 is 5.05. The third-order valence-electron chi connectivity index (χ3n) is 1.76. The van der Waals surface area contributed by atoms with Crippen LogP contribution in [0, 0.1) is 6.57 Å². The van der Waals surface area contributed by atoms with Gasteiger partial charge >= 0.3 is 0 Å². The van der Waals surface area contributed by atoms with E-state index in [4.69, 9.17) is 11.3 Å². The zero-order chi connectivity index (χ0) is 9.68. The standard InChI is InChI=1S/C10H11NO2/c1-11-7-9(12)8-5-3-4-6-10(8)13-2/h3-6,9,12H,7H2,2H3. The van der Waals surface area contributed by atoms with Crippen molar-refractivity contribution < 1.29 is 9.84 Å². The Kier molecular flexibility index (Phi) is 3.30. The monoisotopic (exact) mass is 177 g/mol. The third-order valence-corrected chi connectivity index (χ3v) is 1.76. The van der Waals surface area contributed by atoms with Gasteiger partial charge in [0.2, 0.25) is 6.54 Å². The number of aliphatic hydroxyl groups is 1. The molecule has 0 fully saturated rings. The second-order valence-corrected chi connectivity index (χ2v) is 2.60. The number of hydrogen-bond acceptors (Lipinski definition) is 2. The summed E-state index contributed by atoms with van der Waals surface area (Å²) in [6, 6.07) is 7.16. The average molecular weight is 177 g/mol. The number of nitrogens with zero attached hydrogens (tertiary/aromatic N) is 1. The van der Waals surface area contributed by atoms with E-state index in [2.05, 4.69) is 4.85 Å². The quantitative estimate of drug-likeness (QED) is 0.712. The second-order valence-electron chi connectivity index (χ2n) is 2.60. The van der Waals surface area contributed by atoms with Gasteiger partial charge in [-0.2, -0.15) is 0 Å². The fourth-order valence-electron chi connectivity index (χ4n) is 1.13. The predicted octanol–water partition coefficient (Wildman–Crippen LogP) is 1.65. The van der Waals surface area contributed by atoms with Crippen molar-refractivity contribution in [2.75, 3.05) is 13.7 Å².